The molecule has 0 saturated carbocycles. The highest BCUT2D eigenvalue weighted by atomic mass is 79.9. The number of rotatable bonds is 10. The average Bonchev–Trinajstić information content (AvgIpc) is 2.42. The number of nitrogens with two attached hydrogens (primary N) is 1. The van der Waals surface area contributed by atoms with Crippen LogP contribution in [0.5, 0.6) is 0 Å². The Bertz CT molecular complexity index is 321. The van der Waals surface area contributed by atoms with E-state index in [1.807, 2.05) is 0 Å². The lowest BCUT2D eigenvalue weighted by atomic mass is 10.0. The van der Waals surface area contributed by atoms with Crippen molar-refractivity contribution in [3.8, 4) is 0 Å². The van der Waals surface area contributed by atoms with Crippen LogP contribution in [0.15, 0.2) is 28.7 Å². The SMILES string of the molecule is CCCCCCCCCCC(N)c1ccc(Br)cc1. The predicted molar refractivity (Wildman–Crippen MR) is 88.3 cm³/mol. The maximum atomic E-state index is 6.21. The quantitative estimate of drug-likeness (QED) is 0.526. The molecule has 1 rings (SSSR count). The molecule has 0 spiro atoms. The Morgan fingerprint density at radius 3 is 2.00 bits per heavy atom. The summed E-state index contributed by atoms with van der Waals surface area (Å²) in [4.78, 5) is 0. The Morgan fingerprint density at radius 2 is 1.42 bits per heavy atom. The van der Waals surface area contributed by atoms with E-state index in [2.05, 4.69) is 47.1 Å². The molecule has 0 heterocycles. The summed E-state index contributed by atoms with van der Waals surface area (Å²) in [6.07, 6.45) is 12.0. The van der Waals surface area contributed by atoms with E-state index in [9.17, 15) is 0 Å². The van der Waals surface area contributed by atoms with E-state index in [1.165, 1.54) is 56.9 Å². The monoisotopic (exact) mass is 325 g/mol. The largest absolute Gasteiger partial charge is 0.324 e. The Labute approximate surface area is 127 Å². The first-order valence-corrected chi connectivity index (χ1v) is 8.54. The van der Waals surface area contributed by atoms with Gasteiger partial charge < -0.3 is 5.73 Å². The molecule has 1 atom stereocenters. The normalized spacial score (nSPS) is 12.6. The summed E-state index contributed by atoms with van der Waals surface area (Å²) in [5.41, 5.74) is 7.47. The van der Waals surface area contributed by atoms with Gasteiger partial charge in [-0.2, -0.15) is 0 Å². The van der Waals surface area contributed by atoms with Gasteiger partial charge in [0.2, 0.25) is 0 Å². The van der Waals surface area contributed by atoms with E-state index in [0.717, 1.165) is 10.9 Å². The molecule has 0 fully saturated rings. The minimum atomic E-state index is 0.202. The Morgan fingerprint density at radius 1 is 0.895 bits per heavy atom. The highest BCUT2D eigenvalue weighted by Gasteiger charge is 2.05. The van der Waals surface area contributed by atoms with Crippen molar-refractivity contribution in [1.82, 2.24) is 0 Å². The van der Waals surface area contributed by atoms with Crippen LogP contribution < -0.4 is 5.73 Å². The zero-order valence-electron chi connectivity index (χ0n) is 12.2. The molecule has 0 aromatic heterocycles. The molecule has 1 aromatic rings. The molecule has 0 radical (unpaired) electrons. The second-order valence-electron chi connectivity index (χ2n) is 5.42. The molecule has 1 unspecified atom stereocenters. The summed E-state index contributed by atoms with van der Waals surface area (Å²) in [6.45, 7) is 2.27. The molecule has 1 aromatic carbocycles. The average molecular weight is 326 g/mol. The first-order valence-electron chi connectivity index (χ1n) is 7.75. The van der Waals surface area contributed by atoms with Gasteiger partial charge in [-0.1, -0.05) is 86.4 Å². The van der Waals surface area contributed by atoms with Crippen LogP contribution in [0.25, 0.3) is 0 Å². The fourth-order valence-electron chi connectivity index (χ4n) is 2.37. The molecule has 0 aliphatic rings. The third-order valence-corrected chi connectivity index (χ3v) is 4.20. The van der Waals surface area contributed by atoms with Gasteiger partial charge in [-0.15, -0.1) is 0 Å². The Hall–Kier alpha value is -0.340. The first-order chi connectivity index (χ1) is 9.24. The predicted octanol–water partition coefficient (Wildman–Crippen LogP) is 5.98. The Balaban J connectivity index is 2.04. The molecular formula is C17H28BrN. The number of benzene rings is 1. The van der Waals surface area contributed by atoms with Crippen LogP contribution in [-0.2, 0) is 0 Å². The highest BCUT2D eigenvalue weighted by molar-refractivity contribution is 9.10. The van der Waals surface area contributed by atoms with Crippen molar-refractivity contribution in [1.29, 1.82) is 0 Å². The number of halogens is 1. The van der Waals surface area contributed by atoms with Crippen LogP contribution >= 0.6 is 15.9 Å². The number of unbranched alkanes of at least 4 members (excludes halogenated alkanes) is 7. The van der Waals surface area contributed by atoms with Crippen molar-refractivity contribution < 1.29 is 0 Å². The minimum absolute atomic E-state index is 0.202. The lowest BCUT2D eigenvalue weighted by molar-refractivity contribution is 0.536. The lowest BCUT2D eigenvalue weighted by Crippen LogP contribution is -2.09. The molecule has 19 heavy (non-hydrogen) atoms. The summed E-state index contributed by atoms with van der Waals surface area (Å²) in [6, 6.07) is 8.60. The van der Waals surface area contributed by atoms with Crippen molar-refractivity contribution in [2.24, 2.45) is 5.73 Å². The molecule has 0 aliphatic carbocycles. The van der Waals surface area contributed by atoms with E-state index in [0.29, 0.717) is 0 Å². The highest BCUT2D eigenvalue weighted by Crippen LogP contribution is 2.20. The molecule has 0 saturated heterocycles. The van der Waals surface area contributed by atoms with Gasteiger partial charge in [0.1, 0.15) is 0 Å². The van der Waals surface area contributed by atoms with Gasteiger partial charge in [0.05, 0.1) is 0 Å². The summed E-state index contributed by atoms with van der Waals surface area (Å²) in [5.74, 6) is 0. The molecule has 2 N–H and O–H groups in total. The number of hydrogen-bond donors (Lipinski definition) is 1. The molecule has 108 valence electrons. The first kappa shape index (κ1) is 16.7. The van der Waals surface area contributed by atoms with Gasteiger partial charge in [-0.3, -0.25) is 0 Å². The summed E-state index contributed by atoms with van der Waals surface area (Å²) >= 11 is 3.45. The van der Waals surface area contributed by atoms with Crippen LogP contribution in [0.3, 0.4) is 0 Å². The van der Waals surface area contributed by atoms with Gasteiger partial charge in [0.25, 0.3) is 0 Å². The van der Waals surface area contributed by atoms with Gasteiger partial charge >= 0.3 is 0 Å². The molecular weight excluding hydrogens is 298 g/mol. The molecule has 1 nitrogen and oxygen atoms in total. The maximum absolute atomic E-state index is 6.21. The zero-order valence-corrected chi connectivity index (χ0v) is 13.8. The smallest absolute Gasteiger partial charge is 0.0294 e. The third-order valence-electron chi connectivity index (χ3n) is 3.67. The van der Waals surface area contributed by atoms with E-state index >= 15 is 0 Å². The van der Waals surface area contributed by atoms with Crippen LogP contribution in [0.4, 0.5) is 0 Å². The van der Waals surface area contributed by atoms with Gasteiger partial charge in [0, 0.05) is 10.5 Å². The second-order valence-corrected chi connectivity index (χ2v) is 6.34. The fourth-order valence-corrected chi connectivity index (χ4v) is 2.64. The van der Waals surface area contributed by atoms with Crippen LogP contribution in [-0.4, -0.2) is 0 Å². The maximum Gasteiger partial charge on any atom is 0.0294 e. The summed E-state index contributed by atoms with van der Waals surface area (Å²) in [5, 5.41) is 0. The van der Waals surface area contributed by atoms with Gasteiger partial charge in [-0.25, -0.2) is 0 Å². The molecule has 0 amide bonds. The second kappa shape index (κ2) is 10.4. The molecule has 0 aliphatic heterocycles. The number of hydrogen-bond acceptors (Lipinski definition) is 1. The van der Waals surface area contributed by atoms with Crippen molar-refractivity contribution in [3.63, 3.8) is 0 Å². The van der Waals surface area contributed by atoms with Crippen LogP contribution in [0.1, 0.15) is 76.3 Å². The van der Waals surface area contributed by atoms with Crippen LogP contribution in [0, 0.1) is 0 Å². The third kappa shape index (κ3) is 7.74. The van der Waals surface area contributed by atoms with E-state index in [-0.39, 0.29) is 6.04 Å². The van der Waals surface area contributed by atoms with Crippen molar-refractivity contribution in [2.75, 3.05) is 0 Å². The van der Waals surface area contributed by atoms with Crippen molar-refractivity contribution in [2.45, 2.75) is 70.8 Å². The Kier molecular flexibility index (Phi) is 9.19. The van der Waals surface area contributed by atoms with E-state index in [4.69, 9.17) is 5.73 Å². The zero-order chi connectivity index (χ0) is 13.9. The summed E-state index contributed by atoms with van der Waals surface area (Å²) < 4.78 is 1.12. The standard InChI is InChI=1S/C17H28BrN/c1-2-3-4-5-6-7-8-9-10-17(19)15-11-13-16(18)14-12-15/h11-14,17H,2-10,19H2,1H3. The van der Waals surface area contributed by atoms with E-state index in [1.54, 1.807) is 0 Å². The topological polar surface area (TPSA) is 26.0 Å². The molecule has 2 heteroatoms. The van der Waals surface area contributed by atoms with E-state index < -0.39 is 0 Å². The van der Waals surface area contributed by atoms with Gasteiger partial charge in [0.15, 0.2) is 0 Å². The summed E-state index contributed by atoms with van der Waals surface area (Å²) in [7, 11) is 0. The fraction of sp³-hybridized carbons (Fsp3) is 0.647. The van der Waals surface area contributed by atoms with Crippen molar-refractivity contribution in [3.05, 3.63) is 34.3 Å². The molecule has 0 bridgehead atoms. The van der Waals surface area contributed by atoms with Crippen LogP contribution in [0.2, 0.25) is 0 Å². The van der Waals surface area contributed by atoms with Crippen molar-refractivity contribution >= 4 is 15.9 Å². The van der Waals surface area contributed by atoms with Gasteiger partial charge in [-0.05, 0) is 24.1 Å². The minimum Gasteiger partial charge on any atom is -0.324 e. The lowest BCUT2D eigenvalue weighted by Gasteiger charge is -2.12.